The fourth-order valence-electron chi connectivity index (χ4n) is 1.01. The number of sulfonamides is 1. The van der Waals surface area contributed by atoms with E-state index in [0.717, 1.165) is 24.5 Å². The summed E-state index contributed by atoms with van der Waals surface area (Å²) in [7, 11) is -3.65. The van der Waals surface area contributed by atoms with E-state index >= 15 is 0 Å². The molecule has 0 N–H and O–H groups in total. The molecule has 1 aliphatic heterocycles. The minimum absolute atomic E-state index is 0.0589. The Morgan fingerprint density at radius 2 is 2.08 bits per heavy atom. The summed E-state index contributed by atoms with van der Waals surface area (Å²) in [6.45, 7) is 0. The summed E-state index contributed by atoms with van der Waals surface area (Å²) in [4.78, 5) is 3.58. The molecule has 13 heavy (non-hydrogen) atoms. The molecule has 67 valence electrons. The SMILES string of the molecule is O=S1(=O)[N]C=Nc2cc(F)ccc21. The van der Waals surface area contributed by atoms with E-state index in [0.29, 0.717) is 0 Å². The van der Waals surface area contributed by atoms with Crippen LogP contribution in [0.5, 0.6) is 0 Å². The minimum Gasteiger partial charge on any atom is -0.235 e. The van der Waals surface area contributed by atoms with Crippen LogP contribution in [0.4, 0.5) is 10.1 Å². The molecule has 4 nitrogen and oxygen atoms in total. The van der Waals surface area contributed by atoms with Crippen molar-refractivity contribution in [3.63, 3.8) is 0 Å². The highest BCUT2D eigenvalue weighted by atomic mass is 32.2. The van der Waals surface area contributed by atoms with Gasteiger partial charge in [0.1, 0.15) is 17.1 Å². The highest BCUT2D eigenvalue weighted by Gasteiger charge is 2.22. The van der Waals surface area contributed by atoms with Crippen LogP contribution in [0, 0.1) is 5.82 Å². The Labute approximate surface area is 74.2 Å². The van der Waals surface area contributed by atoms with Crippen molar-refractivity contribution in [3.8, 4) is 0 Å². The Hall–Kier alpha value is -1.43. The largest absolute Gasteiger partial charge is 0.285 e. The van der Waals surface area contributed by atoms with Crippen molar-refractivity contribution in [3.05, 3.63) is 24.0 Å². The maximum absolute atomic E-state index is 12.6. The molecule has 0 amide bonds. The van der Waals surface area contributed by atoms with Gasteiger partial charge in [-0.2, -0.15) is 8.42 Å². The van der Waals surface area contributed by atoms with Gasteiger partial charge in [-0.1, -0.05) is 0 Å². The predicted octanol–water partition coefficient (Wildman–Crippen LogP) is 0.792. The maximum atomic E-state index is 12.6. The molecular weight excluding hydrogens is 195 g/mol. The van der Waals surface area contributed by atoms with Gasteiger partial charge in [-0.3, -0.25) is 0 Å². The second-order valence-corrected chi connectivity index (χ2v) is 4.04. The van der Waals surface area contributed by atoms with Crippen molar-refractivity contribution in [2.24, 2.45) is 4.99 Å². The molecule has 0 saturated heterocycles. The molecule has 1 aliphatic rings. The Bertz CT molecular complexity index is 481. The molecule has 0 aliphatic carbocycles. The molecular formula is C7H4FN2O2S. The van der Waals surface area contributed by atoms with Crippen LogP contribution in [0.25, 0.3) is 0 Å². The Morgan fingerprint density at radius 1 is 1.31 bits per heavy atom. The smallest absolute Gasteiger partial charge is 0.235 e. The van der Waals surface area contributed by atoms with E-state index in [2.05, 4.69) is 9.71 Å². The van der Waals surface area contributed by atoms with E-state index in [1.165, 1.54) is 0 Å². The maximum Gasteiger partial charge on any atom is 0.285 e. The van der Waals surface area contributed by atoms with Crippen LogP contribution in [0.1, 0.15) is 0 Å². The highest BCUT2D eigenvalue weighted by molar-refractivity contribution is 7.90. The topological polar surface area (TPSA) is 60.6 Å². The first-order valence-electron chi connectivity index (χ1n) is 3.39. The number of benzene rings is 1. The molecule has 0 spiro atoms. The van der Waals surface area contributed by atoms with Gasteiger partial charge in [0.2, 0.25) is 0 Å². The van der Waals surface area contributed by atoms with Crippen LogP contribution in [-0.2, 0) is 10.0 Å². The average molecular weight is 199 g/mol. The second-order valence-electron chi connectivity index (χ2n) is 2.44. The Kier molecular flexibility index (Phi) is 1.59. The third-order valence-corrected chi connectivity index (χ3v) is 2.85. The summed E-state index contributed by atoms with van der Waals surface area (Å²) in [6.07, 6.45) is 0.900. The van der Waals surface area contributed by atoms with Crippen molar-refractivity contribution in [2.45, 2.75) is 4.90 Å². The monoisotopic (exact) mass is 199 g/mol. The van der Waals surface area contributed by atoms with Gasteiger partial charge in [0.25, 0.3) is 10.0 Å². The van der Waals surface area contributed by atoms with Gasteiger partial charge in [-0.05, 0) is 12.1 Å². The van der Waals surface area contributed by atoms with Gasteiger partial charge in [-0.25, -0.2) is 9.38 Å². The molecule has 0 atom stereocenters. The van der Waals surface area contributed by atoms with Crippen molar-refractivity contribution in [2.75, 3.05) is 0 Å². The van der Waals surface area contributed by atoms with E-state index in [-0.39, 0.29) is 10.6 Å². The first-order chi connectivity index (χ1) is 6.09. The van der Waals surface area contributed by atoms with Crippen LogP contribution in [0.3, 0.4) is 0 Å². The van der Waals surface area contributed by atoms with Crippen LogP contribution >= 0.6 is 0 Å². The van der Waals surface area contributed by atoms with Crippen LogP contribution in [0.2, 0.25) is 0 Å². The number of nitrogens with zero attached hydrogens (tertiary/aromatic N) is 2. The molecule has 1 radical (unpaired) electrons. The molecule has 0 aromatic heterocycles. The average Bonchev–Trinajstić information content (AvgIpc) is 2.02. The number of hydrogen-bond donors (Lipinski definition) is 0. The molecule has 2 rings (SSSR count). The first kappa shape index (κ1) is 8.18. The van der Waals surface area contributed by atoms with Gasteiger partial charge in [0.05, 0.1) is 5.69 Å². The number of fused-ring (bicyclic) bond motifs is 1. The predicted molar refractivity (Wildman–Crippen MR) is 43.9 cm³/mol. The molecule has 1 aromatic rings. The van der Waals surface area contributed by atoms with Gasteiger partial charge < -0.3 is 0 Å². The number of hydrogen-bond acceptors (Lipinski definition) is 3. The molecule has 1 heterocycles. The first-order valence-corrected chi connectivity index (χ1v) is 4.83. The van der Waals surface area contributed by atoms with Crippen LogP contribution < -0.4 is 4.72 Å². The van der Waals surface area contributed by atoms with Crippen LogP contribution in [-0.4, -0.2) is 14.8 Å². The Morgan fingerprint density at radius 3 is 2.85 bits per heavy atom. The molecule has 0 unspecified atom stereocenters. The van der Waals surface area contributed by atoms with Crippen molar-refractivity contribution >= 4 is 22.0 Å². The molecule has 0 fully saturated rings. The second kappa shape index (κ2) is 2.53. The summed E-state index contributed by atoms with van der Waals surface area (Å²) >= 11 is 0. The third kappa shape index (κ3) is 1.29. The minimum atomic E-state index is -3.65. The van der Waals surface area contributed by atoms with Gasteiger partial charge in [-0.15, -0.1) is 4.72 Å². The van der Waals surface area contributed by atoms with Crippen molar-refractivity contribution < 1.29 is 12.8 Å². The summed E-state index contributed by atoms with van der Waals surface area (Å²) in [5.74, 6) is -0.520. The van der Waals surface area contributed by atoms with Crippen molar-refractivity contribution in [1.82, 2.24) is 4.72 Å². The lowest BCUT2D eigenvalue weighted by atomic mass is 10.3. The van der Waals surface area contributed by atoms with Crippen molar-refractivity contribution in [1.29, 1.82) is 0 Å². The molecule has 0 bridgehead atoms. The lowest BCUT2D eigenvalue weighted by molar-refractivity contribution is 0.590. The standard InChI is InChI=1S/C7H4FN2O2S/c8-5-1-2-7-6(3-5)9-4-10-13(7,11)12/h1-4H. The Balaban J connectivity index is 2.75. The van der Waals surface area contributed by atoms with Gasteiger partial charge in [0, 0.05) is 6.07 Å². The fourth-order valence-corrected chi connectivity index (χ4v) is 1.91. The van der Waals surface area contributed by atoms with E-state index in [1.54, 1.807) is 0 Å². The highest BCUT2D eigenvalue weighted by Crippen LogP contribution is 2.27. The van der Waals surface area contributed by atoms with Gasteiger partial charge in [0.15, 0.2) is 0 Å². The quantitative estimate of drug-likeness (QED) is 0.620. The van der Waals surface area contributed by atoms with E-state index in [4.69, 9.17) is 0 Å². The zero-order valence-electron chi connectivity index (χ0n) is 6.31. The number of rotatable bonds is 0. The molecule has 6 heteroatoms. The van der Waals surface area contributed by atoms with E-state index in [9.17, 15) is 12.8 Å². The van der Waals surface area contributed by atoms with E-state index < -0.39 is 15.8 Å². The summed E-state index contributed by atoms with van der Waals surface area (Å²) in [5, 5.41) is 0. The number of aliphatic imine (C=N–C) groups is 1. The summed E-state index contributed by atoms with van der Waals surface area (Å²) < 4.78 is 38.2. The lowest BCUT2D eigenvalue weighted by Gasteiger charge is -2.08. The zero-order valence-corrected chi connectivity index (χ0v) is 7.12. The zero-order chi connectivity index (χ0) is 9.47. The van der Waals surface area contributed by atoms with Gasteiger partial charge >= 0.3 is 0 Å². The molecule has 0 saturated carbocycles. The lowest BCUT2D eigenvalue weighted by Crippen LogP contribution is -2.18. The van der Waals surface area contributed by atoms with E-state index in [1.807, 2.05) is 0 Å². The third-order valence-electron chi connectivity index (χ3n) is 1.58. The summed E-state index contributed by atoms with van der Waals surface area (Å²) in [5.41, 5.74) is 0.0926. The van der Waals surface area contributed by atoms with Crippen LogP contribution in [0.15, 0.2) is 28.1 Å². The summed E-state index contributed by atoms with van der Waals surface area (Å²) in [6, 6.07) is 3.27. The number of halogens is 1. The molecule has 1 aromatic carbocycles. The fraction of sp³-hybridized carbons (Fsp3) is 0. The normalized spacial score (nSPS) is 17.6.